The molecule has 0 saturated heterocycles. The smallest absolute Gasteiger partial charge is 0.135 e. The van der Waals surface area contributed by atoms with Gasteiger partial charge < -0.3 is 9.47 Å². The van der Waals surface area contributed by atoms with Gasteiger partial charge in [0.2, 0.25) is 0 Å². The molecule has 0 atom stereocenters. The molecule has 0 amide bonds. The molecule has 0 aromatic heterocycles. The van der Waals surface area contributed by atoms with Crippen LogP contribution in [0.5, 0.6) is 11.5 Å². The van der Waals surface area contributed by atoms with Gasteiger partial charge in [-0.2, -0.15) is 0 Å². The van der Waals surface area contributed by atoms with Crippen LogP contribution >= 0.6 is 0 Å². The third-order valence-corrected chi connectivity index (χ3v) is 6.08. The summed E-state index contributed by atoms with van der Waals surface area (Å²) >= 11 is 0. The van der Waals surface area contributed by atoms with E-state index in [4.69, 9.17) is 9.47 Å². The fraction of sp³-hybridized carbons (Fsp3) is 0.629. The largest absolute Gasteiger partial charge is 0.496 e. The molecule has 2 aromatic rings. The van der Waals surface area contributed by atoms with Gasteiger partial charge in [-0.1, -0.05) is 100 Å². The van der Waals surface area contributed by atoms with Crippen LogP contribution in [0.3, 0.4) is 0 Å². The molecule has 0 unspecified atom stereocenters. The van der Waals surface area contributed by atoms with Crippen LogP contribution in [0, 0.1) is 28.0 Å². The summed E-state index contributed by atoms with van der Waals surface area (Å²) in [6.45, 7) is 23.6. The van der Waals surface area contributed by atoms with Gasteiger partial charge in [-0.05, 0) is 65.2 Å². The number of hydrogen-bond acceptors (Lipinski definition) is 3. The van der Waals surface area contributed by atoms with Crippen molar-refractivity contribution < 1.29 is 18.7 Å². The maximum absolute atomic E-state index is 12.9. The number of methoxy groups -OCH3 is 2. The molecule has 4 heteroatoms. The molecule has 39 heavy (non-hydrogen) atoms. The Balaban J connectivity index is 0.000000568. The van der Waals surface area contributed by atoms with Crippen LogP contribution in [-0.4, -0.2) is 20.0 Å². The zero-order valence-corrected chi connectivity index (χ0v) is 27.3. The van der Waals surface area contributed by atoms with Crippen molar-refractivity contribution in [3.63, 3.8) is 0 Å². The van der Waals surface area contributed by atoms with E-state index in [1.54, 1.807) is 20.3 Å². The Morgan fingerprint density at radius 2 is 1.18 bits per heavy atom. The van der Waals surface area contributed by atoms with Gasteiger partial charge in [0.15, 0.2) is 0 Å². The van der Waals surface area contributed by atoms with Crippen molar-refractivity contribution in [2.24, 2.45) is 22.2 Å². The van der Waals surface area contributed by atoms with E-state index in [-0.39, 0.29) is 17.2 Å². The number of para-hydroxylation sites is 1. The van der Waals surface area contributed by atoms with E-state index in [2.05, 4.69) is 74.4 Å². The first-order valence-corrected chi connectivity index (χ1v) is 14.2. The predicted octanol–water partition coefficient (Wildman–Crippen LogP) is 10.1. The number of hydrogen-bond donors (Lipinski definition) is 0. The second-order valence-corrected chi connectivity index (χ2v) is 14.2. The number of ether oxygens (including phenoxy) is 2. The number of halogens is 1. The van der Waals surface area contributed by atoms with E-state index < -0.39 is 0 Å². The molecule has 0 saturated carbocycles. The van der Waals surface area contributed by atoms with E-state index in [0.717, 1.165) is 30.6 Å². The molecule has 0 aliphatic heterocycles. The Bertz CT molecular complexity index is 973. The summed E-state index contributed by atoms with van der Waals surface area (Å²) in [6.07, 6.45) is 4.97. The normalized spacial score (nSPS) is 11.7. The number of carbonyl (C=O) groups is 1. The monoisotopic (exact) mass is 544 g/mol. The highest BCUT2D eigenvalue weighted by atomic mass is 19.1. The summed E-state index contributed by atoms with van der Waals surface area (Å²) in [5, 5.41) is 0. The van der Waals surface area contributed by atoms with Gasteiger partial charge in [-0.15, -0.1) is 0 Å². The summed E-state index contributed by atoms with van der Waals surface area (Å²) in [5.41, 5.74) is 3.22. The molecule has 0 heterocycles. The Morgan fingerprint density at radius 3 is 1.56 bits per heavy atom. The number of benzene rings is 2. The van der Waals surface area contributed by atoms with Crippen LogP contribution in [-0.2, 0) is 17.6 Å². The topological polar surface area (TPSA) is 35.5 Å². The van der Waals surface area contributed by atoms with Gasteiger partial charge in [0.05, 0.1) is 14.2 Å². The van der Waals surface area contributed by atoms with E-state index in [1.165, 1.54) is 24.1 Å². The molecule has 0 radical (unpaired) electrons. The molecule has 0 fully saturated rings. The Morgan fingerprint density at radius 1 is 0.718 bits per heavy atom. The van der Waals surface area contributed by atoms with Crippen molar-refractivity contribution in [1.82, 2.24) is 0 Å². The highest BCUT2D eigenvalue weighted by Crippen LogP contribution is 2.27. The Hall–Kier alpha value is -2.36. The first-order valence-electron chi connectivity index (χ1n) is 14.2. The van der Waals surface area contributed by atoms with E-state index in [9.17, 15) is 9.18 Å². The molecule has 0 spiro atoms. The summed E-state index contributed by atoms with van der Waals surface area (Å²) in [6, 6.07) is 13.0. The zero-order valence-electron chi connectivity index (χ0n) is 27.3. The third kappa shape index (κ3) is 18.5. The summed E-state index contributed by atoms with van der Waals surface area (Å²) in [7, 11) is 3.31. The van der Waals surface area contributed by atoms with Gasteiger partial charge in [-0.25, -0.2) is 4.39 Å². The van der Waals surface area contributed by atoms with Crippen molar-refractivity contribution >= 4 is 5.78 Å². The second-order valence-electron chi connectivity index (χ2n) is 14.2. The highest BCUT2D eigenvalue weighted by molar-refractivity contribution is 5.80. The fourth-order valence-corrected chi connectivity index (χ4v) is 3.58. The van der Waals surface area contributed by atoms with Gasteiger partial charge >= 0.3 is 0 Å². The van der Waals surface area contributed by atoms with Crippen molar-refractivity contribution in [1.29, 1.82) is 0 Å². The lowest BCUT2D eigenvalue weighted by Gasteiger charge is -2.18. The standard InChI is InChI=1S/C13H19FO.C13H20O.C9H18O/c1-13(2,3)8-7-10-5-6-11(14)9-12(10)15-4;1-13(2,3)10-9-11-7-5-6-8-12(11)14-4;1-7(2)8(10)6-9(3,4)5/h5-6,9H,7-8H2,1-4H3;5-8H,9-10H2,1-4H3;7H,6H2,1-5H3. The van der Waals surface area contributed by atoms with Gasteiger partial charge in [0.1, 0.15) is 23.1 Å². The minimum Gasteiger partial charge on any atom is -0.496 e. The fourth-order valence-electron chi connectivity index (χ4n) is 3.58. The van der Waals surface area contributed by atoms with Gasteiger partial charge in [-0.3, -0.25) is 4.79 Å². The van der Waals surface area contributed by atoms with Crippen molar-refractivity contribution in [2.45, 2.75) is 108 Å². The van der Waals surface area contributed by atoms with E-state index in [1.807, 2.05) is 26.0 Å². The maximum Gasteiger partial charge on any atom is 0.135 e. The van der Waals surface area contributed by atoms with E-state index >= 15 is 0 Å². The lowest BCUT2D eigenvalue weighted by atomic mass is 9.87. The average molecular weight is 545 g/mol. The molecule has 0 aliphatic carbocycles. The minimum absolute atomic E-state index is 0.154. The lowest BCUT2D eigenvalue weighted by molar-refractivity contribution is -0.123. The molecular weight excluding hydrogens is 487 g/mol. The summed E-state index contributed by atoms with van der Waals surface area (Å²) in [5.74, 6) is 1.98. The number of Topliss-reactive ketones (excluding diaryl/α,β-unsaturated/α-hetero) is 1. The van der Waals surface area contributed by atoms with Gasteiger partial charge in [0, 0.05) is 18.4 Å². The number of ketones is 1. The molecule has 2 aromatic carbocycles. The molecule has 0 bridgehead atoms. The van der Waals surface area contributed by atoms with Crippen LogP contribution in [0.15, 0.2) is 42.5 Å². The first-order chi connectivity index (χ1) is 17.8. The second kappa shape index (κ2) is 16.7. The molecule has 0 N–H and O–H groups in total. The lowest BCUT2D eigenvalue weighted by Crippen LogP contribution is -2.16. The van der Waals surface area contributed by atoms with Crippen LogP contribution in [0.1, 0.15) is 107 Å². The van der Waals surface area contributed by atoms with Crippen LogP contribution in [0.4, 0.5) is 4.39 Å². The van der Waals surface area contributed by atoms with E-state index in [0.29, 0.717) is 28.8 Å². The Labute approximate surface area is 239 Å². The average Bonchev–Trinajstić information content (AvgIpc) is 2.80. The third-order valence-electron chi connectivity index (χ3n) is 6.08. The number of aryl methyl sites for hydroxylation is 2. The first kappa shape index (κ1) is 36.6. The van der Waals surface area contributed by atoms with Crippen LogP contribution in [0.2, 0.25) is 0 Å². The van der Waals surface area contributed by atoms with Crippen molar-refractivity contribution in [3.8, 4) is 11.5 Å². The van der Waals surface area contributed by atoms with Crippen LogP contribution < -0.4 is 9.47 Å². The molecule has 0 aliphatic rings. The highest BCUT2D eigenvalue weighted by Gasteiger charge is 2.17. The number of carbonyl (C=O) groups excluding carboxylic acids is 1. The molecular formula is C35H57FO3. The molecule has 2 rings (SSSR count). The SMILES string of the molecule is CC(C)C(=O)CC(C)(C)C.COc1cc(F)ccc1CCC(C)(C)C.COc1ccccc1CCC(C)(C)C. The quantitative estimate of drug-likeness (QED) is 0.332. The molecule has 3 nitrogen and oxygen atoms in total. The van der Waals surface area contributed by atoms with Crippen molar-refractivity contribution in [2.75, 3.05) is 14.2 Å². The zero-order chi connectivity index (χ0) is 30.4. The Kier molecular flexibility index (Phi) is 15.7. The maximum atomic E-state index is 12.9. The molecule has 222 valence electrons. The number of rotatable bonds is 8. The van der Waals surface area contributed by atoms with Gasteiger partial charge in [0.25, 0.3) is 0 Å². The minimum atomic E-state index is -0.244. The van der Waals surface area contributed by atoms with Crippen molar-refractivity contribution in [3.05, 3.63) is 59.4 Å². The summed E-state index contributed by atoms with van der Waals surface area (Å²) in [4.78, 5) is 11.2. The summed E-state index contributed by atoms with van der Waals surface area (Å²) < 4.78 is 23.4. The van der Waals surface area contributed by atoms with Crippen LogP contribution in [0.25, 0.3) is 0 Å². The predicted molar refractivity (Wildman–Crippen MR) is 165 cm³/mol.